The van der Waals surface area contributed by atoms with Gasteiger partial charge in [0.1, 0.15) is 0 Å². The SMILES string of the molecule is CCN(CC)C(=O)/C=C/C1CCC2C3CCC4N(C)C(=O)CCC4(C)C3CCC12C. The van der Waals surface area contributed by atoms with E-state index in [1.807, 2.05) is 18.0 Å². The predicted molar refractivity (Wildman–Crippen MR) is 121 cm³/mol. The quantitative estimate of drug-likeness (QED) is 0.615. The molecular formula is C26H42N2O2. The smallest absolute Gasteiger partial charge is 0.246 e. The molecule has 2 amide bonds. The van der Waals surface area contributed by atoms with Gasteiger partial charge in [0.25, 0.3) is 0 Å². The molecule has 1 saturated heterocycles. The van der Waals surface area contributed by atoms with E-state index in [-0.39, 0.29) is 5.91 Å². The fourth-order valence-corrected chi connectivity index (χ4v) is 8.35. The van der Waals surface area contributed by atoms with Crippen molar-refractivity contribution in [1.29, 1.82) is 0 Å². The minimum Gasteiger partial charge on any atom is -0.342 e. The lowest BCUT2D eigenvalue weighted by Crippen LogP contribution is -2.61. The van der Waals surface area contributed by atoms with Crippen LogP contribution < -0.4 is 0 Å². The maximum Gasteiger partial charge on any atom is 0.246 e. The highest BCUT2D eigenvalue weighted by molar-refractivity contribution is 5.87. The Bertz CT molecular complexity index is 714. The summed E-state index contributed by atoms with van der Waals surface area (Å²) < 4.78 is 0. The molecule has 0 aromatic heterocycles. The molecule has 7 atom stereocenters. The van der Waals surface area contributed by atoms with Gasteiger partial charge in [-0.3, -0.25) is 9.59 Å². The fraction of sp³-hybridized carbons (Fsp3) is 0.846. The Hall–Kier alpha value is -1.32. The number of amides is 2. The van der Waals surface area contributed by atoms with E-state index in [2.05, 4.69) is 38.7 Å². The van der Waals surface area contributed by atoms with E-state index in [0.29, 0.717) is 28.7 Å². The summed E-state index contributed by atoms with van der Waals surface area (Å²) in [5.74, 6) is 3.37. The van der Waals surface area contributed by atoms with Crippen molar-refractivity contribution in [2.24, 2.45) is 34.5 Å². The van der Waals surface area contributed by atoms with Gasteiger partial charge in [-0.15, -0.1) is 0 Å². The first-order valence-corrected chi connectivity index (χ1v) is 12.5. The molecule has 4 fully saturated rings. The van der Waals surface area contributed by atoms with Crippen molar-refractivity contribution in [3.63, 3.8) is 0 Å². The van der Waals surface area contributed by atoms with E-state index in [4.69, 9.17) is 0 Å². The minimum absolute atomic E-state index is 0.170. The van der Waals surface area contributed by atoms with Crippen molar-refractivity contribution in [2.45, 2.75) is 85.1 Å². The van der Waals surface area contributed by atoms with Crippen molar-refractivity contribution in [3.8, 4) is 0 Å². The summed E-state index contributed by atoms with van der Waals surface area (Å²) >= 11 is 0. The zero-order chi connectivity index (χ0) is 21.7. The third kappa shape index (κ3) is 3.24. The number of allylic oxidation sites excluding steroid dienone is 1. The molecule has 4 aliphatic rings. The Morgan fingerprint density at radius 3 is 2.43 bits per heavy atom. The first-order valence-electron chi connectivity index (χ1n) is 12.5. The van der Waals surface area contributed by atoms with E-state index in [1.54, 1.807) is 0 Å². The minimum atomic E-state index is 0.170. The van der Waals surface area contributed by atoms with Crippen LogP contribution in [0.5, 0.6) is 0 Å². The summed E-state index contributed by atoms with van der Waals surface area (Å²) in [5.41, 5.74) is 0.625. The van der Waals surface area contributed by atoms with Crippen molar-refractivity contribution < 1.29 is 9.59 Å². The third-order valence-corrected chi connectivity index (χ3v) is 10.2. The number of carbonyl (C=O) groups is 2. The monoisotopic (exact) mass is 414 g/mol. The largest absolute Gasteiger partial charge is 0.342 e. The normalized spacial score (nSPS) is 43.3. The second kappa shape index (κ2) is 7.98. The second-order valence-corrected chi connectivity index (χ2v) is 11.1. The van der Waals surface area contributed by atoms with Crippen LogP contribution in [0.4, 0.5) is 0 Å². The number of hydrogen-bond donors (Lipinski definition) is 0. The standard InChI is InChI=1S/C26H42N2O2/c1-6-28(7-2)24(30)13-9-18-8-11-20-19-10-12-22-26(4,17-15-23(29)27(22)5)21(19)14-16-25(18,20)3/h9,13,18-22H,6-8,10-12,14-17H2,1-5H3/b13-9+. The van der Waals surface area contributed by atoms with Crippen LogP contribution in [-0.2, 0) is 9.59 Å². The van der Waals surface area contributed by atoms with Crippen molar-refractivity contribution in [3.05, 3.63) is 12.2 Å². The average molecular weight is 415 g/mol. The Labute approximate surface area is 183 Å². The van der Waals surface area contributed by atoms with Crippen LogP contribution in [0.3, 0.4) is 0 Å². The summed E-state index contributed by atoms with van der Waals surface area (Å²) in [6.45, 7) is 10.7. The highest BCUT2D eigenvalue weighted by Crippen LogP contribution is 2.66. The number of rotatable bonds is 4. The van der Waals surface area contributed by atoms with Gasteiger partial charge in [0.05, 0.1) is 0 Å². The van der Waals surface area contributed by atoms with Gasteiger partial charge in [-0.05, 0) is 99.4 Å². The molecule has 0 bridgehead atoms. The predicted octanol–water partition coefficient (Wildman–Crippen LogP) is 4.89. The molecule has 0 N–H and O–H groups in total. The summed E-state index contributed by atoms with van der Waals surface area (Å²) in [5, 5.41) is 0. The van der Waals surface area contributed by atoms with Gasteiger partial charge in [-0.1, -0.05) is 19.9 Å². The number of likely N-dealkylation sites (N-methyl/N-ethyl adjacent to an activating group) is 1. The fourth-order valence-electron chi connectivity index (χ4n) is 8.35. The van der Waals surface area contributed by atoms with Crippen LogP contribution in [0.1, 0.15) is 79.1 Å². The van der Waals surface area contributed by atoms with E-state index >= 15 is 0 Å². The van der Waals surface area contributed by atoms with Gasteiger partial charge >= 0.3 is 0 Å². The first kappa shape index (κ1) is 21.9. The van der Waals surface area contributed by atoms with Crippen LogP contribution in [0.25, 0.3) is 0 Å². The summed E-state index contributed by atoms with van der Waals surface area (Å²) in [6.07, 6.45) is 13.5. The van der Waals surface area contributed by atoms with Crippen LogP contribution in [0.2, 0.25) is 0 Å². The topological polar surface area (TPSA) is 40.6 Å². The zero-order valence-corrected chi connectivity index (χ0v) is 19.8. The summed E-state index contributed by atoms with van der Waals surface area (Å²) in [6, 6.07) is 0.438. The molecule has 30 heavy (non-hydrogen) atoms. The molecule has 4 nitrogen and oxygen atoms in total. The molecule has 7 unspecified atom stereocenters. The zero-order valence-electron chi connectivity index (χ0n) is 19.8. The molecule has 4 rings (SSSR count). The van der Waals surface area contributed by atoms with Crippen molar-refractivity contribution in [1.82, 2.24) is 9.80 Å². The molecule has 4 heteroatoms. The molecule has 0 aromatic carbocycles. The van der Waals surface area contributed by atoms with E-state index in [0.717, 1.165) is 43.7 Å². The molecule has 0 aromatic rings. The molecule has 3 saturated carbocycles. The Balaban J connectivity index is 1.52. The molecule has 3 aliphatic carbocycles. The molecule has 168 valence electrons. The Morgan fingerprint density at radius 2 is 1.73 bits per heavy atom. The highest BCUT2D eigenvalue weighted by Gasteiger charge is 2.60. The van der Waals surface area contributed by atoms with E-state index < -0.39 is 0 Å². The second-order valence-electron chi connectivity index (χ2n) is 11.1. The van der Waals surface area contributed by atoms with E-state index in [1.165, 1.54) is 38.5 Å². The van der Waals surface area contributed by atoms with Gasteiger partial charge in [0.15, 0.2) is 0 Å². The lowest BCUT2D eigenvalue weighted by atomic mass is 9.47. The number of fused-ring (bicyclic) bond motifs is 5. The lowest BCUT2D eigenvalue weighted by Gasteiger charge is -2.61. The number of carbonyl (C=O) groups excluding carboxylic acids is 2. The maximum atomic E-state index is 12.5. The van der Waals surface area contributed by atoms with Crippen LogP contribution in [0, 0.1) is 34.5 Å². The summed E-state index contributed by atoms with van der Waals surface area (Å²) in [7, 11) is 2.04. The van der Waals surface area contributed by atoms with Gasteiger partial charge in [-0.2, -0.15) is 0 Å². The summed E-state index contributed by atoms with van der Waals surface area (Å²) in [4.78, 5) is 28.8. The molecule has 1 heterocycles. The average Bonchev–Trinajstić information content (AvgIpc) is 3.07. The third-order valence-electron chi connectivity index (χ3n) is 10.2. The first-order chi connectivity index (χ1) is 14.3. The highest BCUT2D eigenvalue weighted by atomic mass is 16.2. The number of piperidine rings is 1. The molecular weight excluding hydrogens is 372 g/mol. The van der Waals surface area contributed by atoms with Crippen molar-refractivity contribution in [2.75, 3.05) is 20.1 Å². The van der Waals surface area contributed by atoms with Gasteiger partial charge in [0, 0.05) is 32.6 Å². The Morgan fingerprint density at radius 1 is 1.03 bits per heavy atom. The molecule has 0 radical (unpaired) electrons. The lowest BCUT2D eigenvalue weighted by molar-refractivity contribution is -0.157. The Kier molecular flexibility index (Phi) is 5.83. The van der Waals surface area contributed by atoms with Crippen molar-refractivity contribution >= 4 is 11.8 Å². The van der Waals surface area contributed by atoms with Crippen LogP contribution in [0.15, 0.2) is 12.2 Å². The number of likely N-dealkylation sites (tertiary alicyclic amines) is 1. The van der Waals surface area contributed by atoms with Crippen LogP contribution in [-0.4, -0.2) is 47.8 Å². The number of nitrogens with zero attached hydrogens (tertiary/aromatic N) is 2. The molecule has 0 spiro atoms. The van der Waals surface area contributed by atoms with E-state index in [9.17, 15) is 9.59 Å². The number of hydrogen-bond acceptors (Lipinski definition) is 2. The van der Waals surface area contributed by atoms with Gasteiger partial charge < -0.3 is 9.80 Å². The van der Waals surface area contributed by atoms with Gasteiger partial charge in [0.2, 0.25) is 11.8 Å². The molecule has 1 aliphatic heterocycles. The van der Waals surface area contributed by atoms with Crippen LogP contribution >= 0.6 is 0 Å². The maximum absolute atomic E-state index is 12.5. The van der Waals surface area contributed by atoms with Gasteiger partial charge in [-0.25, -0.2) is 0 Å².